The number of nitrogens with zero attached hydrogens (tertiary/aromatic N) is 3. The van der Waals surface area contributed by atoms with Gasteiger partial charge in [0.05, 0.1) is 13.9 Å². The summed E-state index contributed by atoms with van der Waals surface area (Å²) < 4.78 is 5.68. The number of rotatable bonds is 11. The SMILES string of the molecule is CCCCC(CC)CN1c2ccccc2CCc2cc(-c3ccc4cc5sc6c7cc8cc(/C=c9/s/c(=C(\C#N)C(=O)O)n(CC(=O)O)c9=O)ccc8cc7sc6c5cc4c3)ccc21. The highest BCUT2D eigenvalue weighted by atomic mass is 32.1. The molecule has 1 aliphatic rings. The van der Waals surface area contributed by atoms with E-state index in [1.807, 2.05) is 18.2 Å². The number of para-hydroxylation sites is 1. The number of thiazole rings is 1. The van der Waals surface area contributed by atoms with Crippen molar-refractivity contribution in [3.8, 4) is 17.2 Å². The number of nitriles is 1. The molecular weight excluding hydrogens is 855 g/mol. The second kappa shape index (κ2) is 16.8. The van der Waals surface area contributed by atoms with E-state index in [4.69, 9.17) is 0 Å². The zero-order valence-electron chi connectivity index (χ0n) is 35.3. The molecule has 10 rings (SSSR count). The average molecular weight is 898 g/mol. The Hall–Kier alpha value is -6.58. The monoisotopic (exact) mass is 897 g/mol. The van der Waals surface area contributed by atoms with Crippen LogP contribution in [0, 0.1) is 17.2 Å². The predicted octanol–water partition coefficient (Wildman–Crippen LogP) is 11.6. The Labute approximate surface area is 380 Å². The van der Waals surface area contributed by atoms with E-state index in [0.717, 1.165) is 51.4 Å². The minimum Gasteiger partial charge on any atom is -0.480 e. The number of aliphatic carboxylic acids is 2. The molecule has 1 unspecified atom stereocenters. The van der Waals surface area contributed by atoms with Gasteiger partial charge in [-0.15, -0.1) is 34.0 Å². The van der Waals surface area contributed by atoms with Crippen molar-refractivity contribution in [1.29, 1.82) is 5.26 Å². The number of carboxylic acids is 2. The fourth-order valence-electron chi connectivity index (χ4n) is 9.34. The number of anilines is 2. The van der Waals surface area contributed by atoms with Crippen molar-refractivity contribution in [2.45, 2.75) is 58.9 Å². The molecule has 3 aromatic heterocycles. The van der Waals surface area contributed by atoms with Crippen LogP contribution in [0.1, 0.15) is 56.2 Å². The van der Waals surface area contributed by atoms with Gasteiger partial charge in [0.25, 0.3) is 5.56 Å². The lowest BCUT2D eigenvalue weighted by molar-refractivity contribution is -0.138. The summed E-state index contributed by atoms with van der Waals surface area (Å²) in [4.78, 5) is 39.3. The second-order valence-corrected chi connectivity index (χ2v) is 19.9. The zero-order chi connectivity index (χ0) is 44.2. The molecule has 0 fully saturated rings. The average Bonchev–Trinajstić information content (AvgIpc) is 3.88. The van der Waals surface area contributed by atoms with Gasteiger partial charge in [-0.25, -0.2) is 4.79 Å². The van der Waals surface area contributed by atoms with Crippen LogP contribution in [0.4, 0.5) is 11.4 Å². The van der Waals surface area contributed by atoms with Crippen molar-refractivity contribution >= 4 is 120 Å². The first-order chi connectivity index (χ1) is 31.1. The van der Waals surface area contributed by atoms with E-state index in [9.17, 15) is 29.9 Å². The van der Waals surface area contributed by atoms with Crippen molar-refractivity contribution in [2.75, 3.05) is 11.4 Å². The van der Waals surface area contributed by atoms with E-state index < -0.39 is 29.6 Å². The molecule has 8 nitrogen and oxygen atoms in total. The summed E-state index contributed by atoms with van der Waals surface area (Å²) in [6.45, 7) is 4.90. The van der Waals surface area contributed by atoms with Gasteiger partial charge in [0.15, 0.2) is 5.57 Å². The van der Waals surface area contributed by atoms with Gasteiger partial charge in [0.2, 0.25) is 0 Å². The van der Waals surface area contributed by atoms with Crippen LogP contribution in [0.5, 0.6) is 0 Å². The van der Waals surface area contributed by atoms with Crippen LogP contribution in [0.25, 0.3) is 73.9 Å². The molecule has 4 heterocycles. The Morgan fingerprint density at radius 3 is 2.11 bits per heavy atom. The number of unbranched alkanes of at least 4 members (excludes halogenated alkanes) is 1. The van der Waals surface area contributed by atoms with Gasteiger partial charge in [-0.05, 0) is 135 Å². The van der Waals surface area contributed by atoms with Gasteiger partial charge in [-0.3, -0.25) is 14.2 Å². The van der Waals surface area contributed by atoms with E-state index in [2.05, 4.69) is 104 Å². The van der Waals surface area contributed by atoms with Gasteiger partial charge < -0.3 is 15.1 Å². The normalized spacial score (nSPS) is 14.0. The fourth-order valence-corrected chi connectivity index (χ4v) is 13.1. The third-order valence-corrected chi connectivity index (χ3v) is 16.3. The van der Waals surface area contributed by atoms with Crippen molar-refractivity contribution in [1.82, 2.24) is 4.57 Å². The van der Waals surface area contributed by atoms with E-state index in [-0.39, 0.29) is 9.20 Å². The van der Waals surface area contributed by atoms with E-state index in [0.29, 0.717) is 11.5 Å². The molecule has 2 N–H and O–H groups in total. The van der Waals surface area contributed by atoms with Crippen molar-refractivity contribution in [3.05, 3.63) is 139 Å². The number of benzene rings is 6. The molecule has 0 saturated heterocycles. The third kappa shape index (κ3) is 7.45. The molecule has 1 aliphatic heterocycles. The quantitative estimate of drug-likeness (QED) is 0.132. The molecule has 9 aromatic rings. The van der Waals surface area contributed by atoms with Crippen LogP contribution >= 0.6 is 34.0 Å². The number of hydrogen-bond acceptors (Lipinski definition) is 8. The third-order valence-electron chi connectivity index (χ3n) is 12.7. The highest BCUT2D eigenvalue weighted by molar-refractivity contribution is 7.36. The molecule has 64 heavy (non-hydrogen) atoms. The minimum absolute atomic E-state index is 0.140. The second-order valence-electron chi connectivity index (χ2n) is 16.7. The van der Waals surface area contributed by atoms with Crippen molar-refractivity contribution in [3.63, 3.8) is 0 Å². The summed E-state index contributed by atoms with van der Waals surface area (Å²) in [6.07, 6.45) is 8.58. The van der Waals surface area contributed by atoms with Crippen molar-refractivity contribution < 1.29 is 19.8 Å². The number of fused-ring (bicyclic) bond motifs is 9. The summed E-state index contributed by atoms with van der Waals surface area (Å²) >= 11 is 4.40. The topological polar surface area (TPSA) is 124 Å². The molecular formula is C53H43N3O5S3. The Morgan fingerprint density at radius 2 is 1.42 bits per heavy atom. The lowest BCUT2D eigenvalue weighted by atomic mass is 9.95. The first kappa shape index (κ1) is 41.4. The van der Waals surface area contributed by atoms with Crippen LogP contribution in [0.2, 0.25) is 0 Å². The number of thiophene rings is 2. The maximum Gasteiger partial charge on any atom is 0.349 e. The molecule has 1 atom stereocenters. The number of aryl methyl sites for hydroxylation is 2. The smallest absolute Gasteiger partial charge is 0.349 e. The number of aromatic nitrogens is 1. The van der Waals surface area contributed by atoms with Crippen LogP contribution in [0.15, 0.2) is 108 Å². The van der Waals surface area contributed by atoms with E-state index in [1.54, 1.807) is 34.8 Å². The molecule has 11 heteroatoms. The standard InChI is InChI=1S/C53H43N3O5S3/c1-3-5-8-30(4-2)28-55-43-10-7-6-9-32(43)13-16-37-21-34(17-18-44(37)55)33-14-15-36-26-46-41(24-39(36)22-33)50-49(63-46)40-23-38-19-31(11-12-35(38)25-45(40)62-50)20-47-51(59)56(29-48(57)58)52(64-47)42(27-54)53(60)61/h6-7,9-12,14-15,17-26,30H,3-5,8,13,16,28-29H2,1-2H3,(H,57,58)(H,60,61)/b47-20+,52-42+. The van der Waals surface area contributed by atoms with Gasteiger partial charge in [0.1, 0.15) is 17.3 Å². The molecule has 0 amide bonds. The Morgan fingerprint density at radius 1 is 0.766 bits per heavy atom. The molecule has 0 saturated carbocycles. The maximum atomic E-state index is 13.3. The number of carboxylic acid groups (broad SMARTS) is 2. The Kier molecular flexibility index (Phi) is 10.9. The maximum absolute atomic E-state index is 13.3. The first-order valence-electron chi connectivity index (χ1n) is 21.7. The Balaban J connectivity index is 1.01. The van der Waals surface area contributed by atoms with Crippen LogP contribution in [0.3, 0.4) is 0 Å². The minimum atomic E-state index is -1.53. The first-order valence-corrected chi connectivity index (χ1v) is 24.1. The number of hydrogen-bond donors (Lipinski definition) is 2. The molecule has 318 valence electrons. The van der Waals surface area contributed by atoms with E-state index >= 15 is 0 Å². The summed E-state index contributed by atoms with van der Waals surface area (Å²) in [5, 5.41) is 35.3. The highest BCUT2D eigenvalue weighted by Crippen LogP contribution is 2.47. The Bertz CT molecular complexity index is 3620. The summed E-state index contributed by atoms with van der Waals surface area (Å²) in [5.74, 6) is -2.19. The fraction of sp³-hybridized carbons (Fsp3) is 0.208. The molecule has 0 aliphatic carbocycles. The molecule has 0 bridgehead atoms. The van der Waals surface area contributed by atoms with Gasteiger partial charge in [-0.2, -0.15) is 5.26 Å². The summed E-state index contributed by atoms with van der Waals surface area (Å²) in [7, 11) is 0. The van der Waals surface area contributed by atoms with Gasteiger partial charge in [-0.1, -0.05) is 81.6 Å². The lowest BCUT2D eigenvalue weighted by Crippen LogP contribution is -2.35. The van der Waals surface area contributed by atoms with Crippen LogP contribution in [-0.2, 0) is 29.0 Å². The molecule has 0 radical (unpaired) electrons. The van der Waals surface area contributed by atoms with Gasteiger partial charge in [0, 0.05) is 38.1 Å². The zero-order valence-corrected chi connectivity index (χ0v) is 37.8. The number of carbonyl (C=O) groups is 2. The largest absolute Gasteiger partial charge is 0.480 e. The van der Waals surface area contributed by atoms with Crippen LogP contribution in [-0.4, -0.2) is 33.3 Å². The van der Waals surface area contributed by atoms with Crippen molar-refractivity contribution in [2.24, 2.45) is 5.92 Å². The van der Waals surface area contributed by atoms with Crippen LogP contribution < -0.4 is 19.7 Å². The molecule has 0 spiro atoms. The lowest BCUT2D eigenvalue weighted by Gasteiger charge is -2.31. The summed E-state index contributed by atoms with van der Waals surface area (Å²) in [5.41, 5.74) is 7.32. The predicted molar refractivity (Wildman–Crippen MR) is 265 cm³/mol. The highest BCUT2D eigenvalue weighted by Gasteiger charge is 2.24. The summed E-state index contributed by atoms with van der Waals surface area (Å²) in [6, 6.07) is 39.4. The van der Waals surface area contributed by atoms with Gasteiger partial charge >= 0.3 is 11.9 Å². The van der Waals surface area contributed by atoms with E-state index in [1.165, 1.54) is 94.3 Å². The molecule has 6 aromatic carbocycles.